The van der Waals surface area contributed by atoms with Crippen LogP contribution in [0.1, 0.15) is 49.4 Å². The SMILES string of the molecule is CCCC1CCCCN1C(=O)c1cc(Br)ccc1I. The molecule has 4 heteroatoms. The molecular weight excluding hydrogens is 417 g/mol. The van der Waals surface area contributed by atoms with E-state index in [4.69, 9.17) is 0 Å². The molecule has 0 spiro atoms. The number of amides is 1. The Kier molecular flexibility index (Phi) is 5.69. The summed E-state index contributed by atoms with van der Waals surface area (Å²) in [5.41, 5.74) is 0.831. The highest BCUT2D eigenvalue weighted by Crippen LogP contribution is 2.26. The molecule has 1 amide bonds. The number of piperidine rings is 1. The lowest BCUT2D eigenvalue weighted by molar-refractivity contribution is 0.0599. The van der Waals surface area contributed by atoms with Gasteiger partial charge in [-0.1, -0.05) is 29.3 Å². The second kappa shape index (κ2) is 7.07. The van der Waals surface area contributed by atoms with Crippen molar-refractivity contribution in [3.63, 3.8) is 0 Å². The minimum absolute atomic E-state index is 0.198. The zero-order valence-electron chi connectivity index (χ0n) is 11.2. The molecule has 19 heavy (non-hydrogen) atoms. The fourth-order valence-corrected chi connectivity index (χ4v) is 3.64. The van der Waals surface area contributed by atoms with Crippen molar-refractivity contribution in [1.82, 2.24) is 4.90 Å². The normalized spacial score (nSPS) is 19.5. The summed E-state index contributed by atoms with van der Waals surface area (Å²) in [5, 5.41) is 0. The average Bonchev–Trinajstić information content (AvgIpc) is 2.42. The Balaban J connectivity index is 2.23. The monoisotopic (exact) mass is 435 g/mol. The Bertz CT molecular complexity index is 461. The molecule has 0 saturated carbocycles. The molecule has 2 nitrogen and oxygen atoms in total. The molecule has 1 heterocycles. The van der Waals surface area contributed by atoms with Gasteiger partial charge in [-0.2, -0.15) is 0 Å². The van der Waals surface area contributed by atoms with E-state index in [9.17, 15) is 4.79 Å². The molecule has 1 aromatic rings. The Morgan fingerprint density at radius 3 is 3.00 bits per heavy atom. The second-order valence-electron chi connectivity index (χ2n) is 5.06. The molecule has 1 saturated heterocycles. The third-order valence-corrected chi connectivity index (χ3v) is 5.10. The van der Waals surface area contributed by atoms with Crippen molar-refractivity contribution in [2.24, 2.45) is 0 Å². The highest BCUT2D eigenvalue weighted by atomic mass is 127. The molecule has 1 unspecified atom stereocenters. The number of carbonyl (C=O) groups is 1. The summed E-state index contributed by atoms with van der Waals surface area (Å²) in [6.45, 7) is 3.10. The Morgan fingerprint density at radius 2 is 2.26 bits per heavy atom. The topological polar surface area (TPSA) is 20.3 Å². The number of benzene rings is 1. The smallest absolute Gasteiger partial charge is 0.255 e. The number of nitrogens with zero attached hydrogens (tertiary/aromatic N) is 1. The van der Waals surface area contributed by atoms with Crippen molar-refractivity contribution in [2.45, 2.75) is 45.1 Å². The quantitative estimate of drug-likeness (QED) is 0.621. The van der Waals surface area contributed by atoms with Crippen LogP contribution in [0.2, 0.25) is 0 Å². The van der Waals surface area contributed by atoms with Crippen molar-refractivity contribution in [2.75, 3.05) is 6.54 Å². The van der Waals surface area contributed by atoms with Crippen molar-refractivity contribution in [1.29, 1.82) is 0 Å². The van der Waals surface area contributed by atoms with E-state index in [1.807, 2.05) is 18.2 Å². The third-order valence-electron chi connectivity index (χ3n) is 3.67. The number of hydrogen-bond acceptors (Lipinski definition) is 1. The van der Waals surface area contributed by atoms with Crippen LogP contribution in [0.4, 0.5) is 0 Å². The van der Waals surface area contributed by atoms with Gasteiger partial charge in [-0.3, -0.25) is 4.79 Å². The van der Waals surface area contributed by atoms with Gasteiger partial charge in [0, 0.05) is 20.6 Å². The molecule has 0 aliphatic carbocycles. The van der Waals surface area contributed by atoms with Crippen molar-refractivity contribution in [3.8, 4) is 0 Å². The lowest BCUT2D eigenvalue weighted by atomic mass is 9.97. The highest BCUT2D eigenvalue weighted by Gasteiger charge is 2.27. The van der Waals surface area contributed by atoms with E-state index in [0.717, 1.165) is 45.8 Å². The van der Waals surface area contributed by atoms with Gasteiger partial charge in [0.25, 0.3) is 5.91 Å². The molecule has 1 aliphatic heterocycles. The van der Waals surface area contributed by atoms with Crippen LogP contribution in [0, 0.1) is 3.57 Å². The van der Waals surface area contributed by atoms with Crippen molar-refractivity contribution in [3.05, 3.63) is 31.8 Å². The largest absolute Gasteiger partial charge is 0.336 e. The lowest BCUT2D eigenvalue weighted by Gasteiger charge is -2.36. The summed E-state index contributed by atoms with van der Waals surface area (Å²) in [6, 6.07) is 6.36. The molecule has 0 N–H and O–H groups in total. The van der Waals surface area contributed by atoms with Gasteiger partial charge >= 0.3 is 0 Å². The molecule has 1 atom stereocenters. The van der Waals surface area contributed by atoms with E-state index in [0.29, 0.717) is 6.04 Å². The number of likely N-dealkylation sites (tertiary alicyclic amines) is 1. The van der Waals surface area contributed by atoms with Gasteiger partial charge in [0.1, 0.15) is 0 Å². The van der Waals surface area contributed by atoms with Crippen LogP contribution in [0.5, 0.6) is 0 Å². The van der Waals surface area contributed by atoms with Gasteiger partial charge in [-0.15, -0.1) is 0 Å². The third kappa shape index (κ3) is 3.72. The second-order valence-corrected chi connectivity index (χ2v) is 7.14. The first kappa shape index (κ1) is 15.3. The number of halogens is 2. The van der Waals surface area contributed by atoms with Crippen LogP contribution < -0.4 is 0 Å². The van der Waals surface area contributed by atoms with E-state index >= 15 is 0 Å². The average molecular weight is 436 g/mol. The first-order chi connectivity index (χ1) is 9.13. The molecular formula is C15H19BrINO. The van der Waals surface area contributed by atoms with Gasteiger partial charge in [0.05, 0.1) is 5.56 Å². The molecule has 1 aromatic carbocycles. The Hall–Kier alpha value is -0.100. The van der Waals surface area contributed by atoms with Crippen LogP contribution in [0.25, 0.3) is 0 Å². The van der Waals surface area contributed by atoms with Crippen LogP contribution in [0.15, 0.2) is 22.7 Å². The molecule has 0 radical (unpaired) electrons. The van der Waals surface area contributed by atoms with Crippen LogP contribution in [-0.2, 0) is 0 Å². The summed E-state index contributed by atoms with van der Waals surface area (Å²) in [6.07, 6.45) is 5.81. The van der Waals surface area contributed by atoms with E-state index < -0.39 is 0 Å². The number of carbonyl (C=O) groups excluding carboxylic acids is 1. The maximum Gasteiger partial charge on any atom is 0.255 e. The molecule has 2 rings (SSSR count). The first-order valence-corrected chi connectivity index (χ1v) is 8.76. The summed E-state index contributed by atoms with van der Waals surface area (Å²) < 4.78 is 2.01. The van der Waals surface area contributed by atoms with Gasteiger partial charge in [0.2, 0.25) is 0 Å². The van der Waals surface area contributed by atoms with Gasteiger partial charge in [-0.25, -0.2) is 0 Å². The fourth-order valence-electron chi connectivity index (χ4n) is 2.72. The molecule has 1 fully saturated rings. The first-order valence-electron chi connectivity index (χ1n) is 6.89. The van der Waals surface area contributed by atoms with E-state index in [1.54, 1.807) is 0 Å². The van der Waals surface area contributed by atoms with Gasteiger partial charge < -0.3 is 4.90 Å². The predicted octanol–water partition coefficient (Wildman–Crippen LogP) is 4.85. The zero-order valence-corrected chi connectivity index (χ0v) is 14.9. The Morgan fingerprint density at radius 1 is 1.47 bits per heavy atom. The maximum atomic E-state index is 12.8. The number of hydrogen-bond donors (Lipinski definition) is 0. The standard InChI is InChI=1S/C15H19BrINO/c1-2-5-12-6-3-4-9-18(12)15(19)13-10-11(16)7-8-14(13)17/h7-8,10,12H,2-6,9H2,1H3. The summed E-state index contributed by atoms with van der Waals surface area (Å²) in [5.74, 6) is 0.198. The minimum atomic E-state index is 0.198. The molecule has 0 aromatic heterocycles. The molecule has 104 valence electrons. The molecule has 1 aliphatic rings. The van der Waals surface area contributed by atoms with Gasteiger partial charge in [-0.05, 0) is 66.5 Å². The maximum absolute atomic E-state index is 12.8. The van der Waals surface area contributed by atoms with E-state index in [2.05, 4.69) is 50.3 Å². The number of rotatable bonds is 3. The van der Waals surface area contributed by atoms with E-state index in [1.165, 1.54) is 6.42 Å². The van der Waals surface area contributed by atoms with Crippen molar-refractivity contribution >= 4 is 44.4 Å². The fraction of sp³-hybridized carbons (Fsp3) is 0.533. The summed E-state index contributed by atoms with van der Waals surface area (Å²) >= 11 is 5.71. The van der Waals surface area contributed by atoms with E-state index in [-0.39, 0.29) is 5.91 Å². The molecule has 0 bridgehead atoms. The van der Waals surface area contributed by atoms with Crippen molar-refractivity contribution < 1.29 is 4.79 Å². The summed E-state index contributed by atoms with van der Waals surface area (Å²) in [7, 11) is 0. The van der Waals surface area contributed by atoms with Gasteiger partial charge in [0.15, 0.2) is 0 Å². The van der Waals surface area contributed by atoms with Crippen LogP contribution >= 0.6 is 38.5 Å². The summed E-state index contributed by atoms with van der Waals surface area (Å²) in [4.78, 5) is 14.9. The highest BCUT2D eigenvalue weighted by molar-refractivity contribution is 14.1. The lowest BCUT2D eigenvalue weighted by Crippen LogP contribution is -2.43. The van der Waals surface area contributed by atoms with Crippen LogP contribution in [0.3, 0.4) is 0 Å². The van der Waals surface area contributed by atoms with Crippen LogP contribution in [-0.4, -0.2) is 23.4 Å². The zero-order chi connectivity index (χ0) is 13.8. The minimum Gasteiger partial charge on any atom is -0.336 e. The Labute approximate surface area is 137 Å². The predicted molar refractivity (Wildman–Crippen MR) is 90.4 cm³/mol.